The molecule has 3 rings (SSSR count). The number of thioether (sulfide) groups is 1. The summed E-state index contributed by atoms with van der Waals surface area (Å²) < 4.78 is 33.5. The van der Waals surface area contributed by atoms with Crippen LogP contribution in [0.5, 0.6) is 5.75 Å². The van der Waals surface area contributed by atoms with E-state index in [0.29, 0.717) is 24.3 Å². The lowest BCUT2D eigenvalue weighted by molar-refractivity contribution is -0.155. The van der Waals surface area contributed by atoms with E-state index >= 15 is 0 Å². The number of benzene rings is 1. The van der Waals surface area contributed by atoms with Crippen LogP contribution in [0.2, 0.25) is 0 Å². The number of fused-ring (bicyclic) bond motifs is 1. The van der Waals surface area contributed by atoms with E-state index in [1.165, 1.54) is 36.0 Å². The Morgan fingerprint density at radius 2 is 2.07 bits per heavy atom. The topological polar surface area (TPSA) is 84.9 Å². The summed E-state index contributed by atoms with van der Waals surface area (Å²) in [5.41, 5.74) is 0.344. The average molecular weight is 400 g/mol. The van der Waals surface area contributed by atoms with Crippen molar-refractivity contribution in [2.24, 2.45) is 0 Å². The number of amides is 2. The van der Waals surface area contributed by atoms with Gasteiger partial charge in [0.1, 0.15) is 11.8 Å². The summed E-state index contributed by atoms with van der Waals surface area (Å²) in [6, 6.07) is 4.65. The quantitative estimate of drug-likeness (QED) is 0.737. The van der Waals surface area contributed by atoms with Gasteiger partial charge in [-0.1, -0.05) is 0 Å². The Morgan fingerprint density at radius 1 is 1.37 bits per heavy atom. The molecule has 1 N–H and O–H groups in total. The molecule has 0 aliphatic carbocycles. The number of alkyl halides is 2. The van der Waals surface area contributed by atoms with Crippen LogP contribution < -0.4 is 10.1 Å². The number of nitrogens with zero attached hydrogens (tertiary/aromatic N) is 1. The normalized spacial score (nSPS) is 24.1. The van der Waals surface area contributed by atoms with E-state index in [1.807, 2.05) is 6.92 Å². The van der Waals surface area contributed by atoms with Gasteiger partial charge in [0.25, 0.3) is 5.91 Å². The number of carbonyl (C=O) groups is 3. The van der Waals surface area contributed by atoms with Gasteiger partial charge in [-0.2, -0.15) is 8.78 Å². The molecule has 2 aliphatic rings. The monoisotopic (exact) mass is 400 g/mol. The number of anilines is 1. The number of nitrogens with one attached hydrogen (secondary N) is 1. The van der Waals surface area contributed by atoms with Gasteiger partial charge >= 0.3 is 12.6 Å². The Balaban J connectivity index is 1.49. The van der Waals surface area contributed by atoms with Crippen molar-refractivity contribution in [3.8, 4) is 5.75 Å². The van der Waals surface area contributed by atoms with Gasteiger partial charge < -0.3 is 19.7 Å². The summed E-state index contributed by atoms with van der Waals surface area (Å²) in [5.74, 6) is -0.871. The van der Waals surface area contributed by atoms with Gasteiger partial charge in [0.15, 0.2) is 6.61 Å². The maximum Gasteiger partial charge on any atom is 0.387 e. The van der Waals surface area contributed by atoms with Gasteiger partial charge in [0.05, 0.1) is 4.87 Å². The number of rotatable bonds is 6. The highest BCUT2D eigenvalue weighted by atomic mass is 32.2. The third kappa shape index (κ3) is 4.32. The lowest BCUT2D eigenvalue weighted by Gasteiger charge is -2.29. The smallest absolute Gasteiger partial charge is 0.387 e. The van der Waals surface area contributed by atoms with Gasteiger partial charge in [-0.3, -0.25) is 9.59 Å². The molecule has 2 atom stereocenters. The Bertz CT molecular complexity index is 745. The molecule has 10 heteroatoms. The van der Waals surface area contributed by atoms with Crippen LogP contribution in [0, 0.1) is 0 Å². The fraction of sp³-hybridized carbons (Fsp3) is 0.471. The highest BCUT2D eigenvalue weighted by Crippen LogP contribution is 2.47. The number of ether oxygens (including phenoxy) is 2. The van der Waals surface area contributed by atoms with Gasteiger partial charge in [0.2, 0.25) is 5.91 Å². The molecule has 2 heterocycles. The predicted molar refractivity (Wildman–Crippen MR) is 93.4 cm³/mol. The number of carbonyl (C=O) groups excluding carboxylic acids is 3. The fourth-order valence-corrected chi connectivity index (χ4v) is 4.56. The predicted octanol–water partition coefficient (Wildman–Crippen LogP) is 2.22. The highest BCUT2D eigenvalue weighted by molar-refractivity contribution is 8.01. The number of halogens is 2. The van der Waals surface area contributed by atoms with Crippen molar-refractivity contribution in [3.05, 3.63) is 24.3 Å². The lowest BCUT2D eigenvalue weighted by atomic mass is 10.2. The van der Waals surface area contributed by atoms with Crippen LogP contribution in [0.4, 0.5) is 14.5 Å². The molecule has 0 aromatic heterocycles. The van der Waals surface area contributed by atoms with Crippen molar-refractivity contribution in [2.75, 3.05) is 17.7 Å². The summed E-state index contributed by atoms with van der Waals surface area (Å²) in [6.45, 7) is -1.51. The number of hydrogen-bond donors (Lipinski definition) is 1. The first-order valence-electron chi connectivity index (χ1n) is 8.26. The third-order valence-corrected chi connectivity index (χ3v) is 5.93. The van der Waals surface area contributed by atoms with Crippen molar-refractivity contribution in [2.45, 2.75) is 37.3 Å². The second-order valence-electron chi connectivity index (χ2n) is 6.32. The minimum atomic E-state index is -2.93. The van der Waals surface area contributed by atoms with E-state index in [0.717, 1.165) is 0 Å². The second kappa shape index (κ2) is 7.71. The molecule has 2 fully saturated rings. The SMILES string of the molecule is C[C@@]12CCC(=O)N1[C@H](C(=O)OCC(=O)Nc1ccc(OC(F)F)cc1)CS2. The van der Waals surface area contributed by atoms with Gasteiger partial charge in [-0.05, 0) is 37.6 Å². The van der Waals surface area contributed by atoms with E-state index in [1.54, 1.807) is 4.90 Å². The first-order chi connectivity index (χ1) is 12.8. The molecule has 0 spiro atoms. The molecule has 146 valence electrons. The maximum absolute atomic E-state index is 12.3. The molecule has 7 nitrogen and oxygen atoms in total. The van der Waals surface area contributed by atoms with Crippen LogP contribution in [-0.4, -0.2) is 52.6 Å². The first-order valence-corrected chi connectivity index (χ1v) is 9.24. The summed E-state index contributed by atoms with van der Waals surface area (Å²) in [5, 5.41) is 2.49. The summed E-state index contributed by atoms with van der Waals surface area (Å²) in [4.78, 5) is 37.4. The molecular weight excluding hydrogens is 382 g/mol. The largest absolute Gasteiger partial charge is 0.454 e. The molecule has 1 aromatic rings. The van der Waals surface area contributed by atoms with Crippen LogP contribution in [0.3, 0.4) is 0 Å². The van der Waals surface area contributed by atoms with Crippen molar-refractivity contribution in [3.63, 3.8) is 0 Å². The third-order valence-electron chi connectivity index (χ3n) is 4.43. The molecule has 0 unspecified atom stereocenters. The van der Waals surface area contributed by atoms with Crippen molar-refractivity contribution >= 4 is 35.2 Å². The Hall–Kier alpha value is -2.36. The van der Waals surface area contributed by atoms with E-state index < -0.39 is 31.1 Å². The zero-order valence-electron chi connectivity index (χ0n) is 14.4. The van der Waals surface area contributed by atoms with E-state index in [4.69, 9.17) is 4.74 Å². The van der Waals surface area contributed by atoms with Crippen LogP contribution in [0.15, 0.2) is 24.3 Å². The van der Waals surface area contributed by atoms with E-state index in [-0.39, 0.29) is 16.5 Å². The van der Waals surface area contributed by atoms with Crippen LogP contribution >= 0.6 is 11.8 Å². The standard InChI is InChI=1S/C17H18F2N2O5S/c1-17-7-6-14(23)21(17)12(9-27-17)15(24)25-8-13(22)20-10-2-4-11(5-3-10)26-16(18)19/h2-5,12,16H,6-9H2,1H3,(H,20,22)/t12-,17+/m0/s1. The molecule has 2 aliphatic heterocycles. The lowest BCUT2D eigenvalue weighted by Crippen LogP contribution is -2.47. The van der Waals surface area contributed by atoms with Crippen molar-refractivity contribution in [1.82, 2.24) is 4.90 Å². The van der Waals surface area contributed by atoms with E-state index in [2.05, 4.69) is 10.1 Å². The van der Waals surface area contributed by atoms with E-state index in [9.17, 15) is 23.2 Å². The Morgan fingerprint density at radius 3 is 2.74 bits per heavy atom. The molecular formula is C17H18F2N2O5S. The summed E-state index contributed by atoms with van der Waals surface area (Å²) >= 11 is 1.54. The van der Waals surface area contributed by atoms with Crippen LogP contribution in [-0.2, 0) is 19.1 Å². The molecule has 2 saturated heterocycles. The molecule has 27 heavy (non-hydrogen) atoms. The maximum atomic E-state index is 12.3. The number of hydrogen-bond acceptors (Lipinski definition) is 6. The zero-order valence-corrected chi connectivity index (χ0v) is 15.3. The van der Waals surface area contributed by atoms with Crippen molar-refractivity contribution < 1.29 is 32.6 Å². The highest BCUT2D eigenvalue weighted by Gasteiger charge is 2.53. The second-order valence-corrected chi connectivity index (χ2v) is 7.83. The van der Waals surface area contributed by atoms with Gasteiger partial charge in [-0.25, -0.2) is 4.79 Å². The summed E-state index contributed by atoms with van der Waals surface area (Å²) in [7, 11) is 0. The molecule has 0 bridgehead atoms. The zero-order chi connectivity index (χ0) is 19.6. The molecule has 0 radical (unpaired) electrons. The fourth-order valence-electron chi connectivity index (χ4n) is 3.14. The summed E-state index contributed by atoms with van der Waals surface area (Å²) in [6.07, 6.45) is 1.09. The molecule has 0 saturated carbocycles. The minimum absolute atomic E-state index is 0.0357. The molecule has 1 aromatic carbocycles. The van der Waals surface area contributed by atoms with Crippen LogP contribution in [0.1, 0.15) is 19.8 Å². The van der Waals surface area contributed by atoms with Crippen molar-refractivity contribution in [1.29, 1.82) is 0 Å². The van der Waals surface area contributed by atoms with Gasteiger partial charge in [-0.15, -0.1) is 11.8 Å². The van der Waals surface area contributed by atoms with Crippen LogP contribution in [0.25, 0.3) is 0 Å². The Labute approximate surface area is 158 Å². The minimum Gasteiger partial charge on any atom is -0.454 e. The first kappa shape index (κ1) is 19.4. The van der Waals surface area contributed by atoms with Gasteiger partial charge in [0, 0.05) is 17.9 Å². The number of esters is 1. The molecule has 2 amide bonds. The average Bonchev–Trinajstić information content (AvgIpc) is 3.10. The Kier molecular flexibility index (Phi) is 5.54.